The van der Waals surface area contributed by atoms with E-state index in [9.17, 15) is 0 Å². The molecule has 0 aliphatic heterocycles. The second-order valence-electron chi connectivity index (χ2n) is 6.59. The Morgan fingerprint density at radius 1 is 1.50 bits per heavy atom. The van der Waals surface area contributed by atoms with E-state index in [0.717, 1.165) is 24.8 Å². The highest BCUT2D eigenvalue weighted by Crippen LogP contribution is 2.28. The third kappa shape index (κ3) is 4.20. The van der Waals surface area contributed by atoms with E-state index in [2.05, 4.69) is 48.7 Å². The van der Waals surface area contributed by atoms with E-state index in [4.69, 9.17) is 4.98 Å². The van der Waals surface area contributed by atoms with Crippen LogP contribution in [-0.4, -0.2) is 30.6 Å². The molecule has 20 heavy (non-hydrogen) atoms. The molecule has 0 spiro atoms. The van der Waals surface area contributed by atoms with E-state index in [1.165, 1.54) is 17.1 Å². The first-order valence-electron chi connectivity index (χ1n) is 7.32. The van der Waals surface area contributed by atoms with E-state index in [-0.39, 0.29) is 5.41 Å². The maximum Gasteiger partial charge on any atom is 0.191 e. The smallest absolute Gasteiger partial charge is 0.191 e. The van der Waals surface area contributed by atoms with Gasteiger partial charge in [-0.25, -0.2) is 4.98 Å². The van der Waals surface area contributed by atoms with E-state index in [1.807, 2.05) is 7.05 Å². The lowest BCUT2D eigenvalue weighted by molar-refractivity contribution is 0.570. The van der Waals surface area contributed by atoms with E-state index < -0.39 is 0 Å². The lowest BCUT2D eigenvalue weighted by atomic mass is 9.93. The van der Waals surface area contributed by atoms with Gasteiger partial charge in [-0.15, -0.1) is 11.3 Å². The van der Waals surface area contributed by atoms with E-state index >= 15 is 0 Å². The van der Waals surface area contributed by atoms with Gasteiger partial charge in [0.2, 0.25) is 0 Å². The molecular formula is C15H26N4S. The minimum Gasteiger partial charge on any atom is -0.356 e. The van der Waals surface area contributed by atoms with Gasteiger partial charge in [-0.2, -0.15) is 0 Å². The second kappa shape index (κ2) is 6.12. The maximum atomic E-state index is 4.71. The lowest BCUT2D eigenvalue weighted by Crippen LogP contribution is -2.39. The summed E-state index contributed by atoms with van der Waals surface area (Å²) in [5, 5.41) is 10.2. The number of hydrogen-bond acceptors (Lipinski definition) is 3. The molecule has 1 aliphatic rings. The van der Waals surface area contributed by atoms with Gasteiger partial charge in [0.15, 0.2) is 5.96 Å². The number of rotatable bonds is 4. The first-order chi connectivity index (χ1) is 9.40. The molecule has 5 heteroatoms. The van der Waals surface area contributed by atoms with Gasteiger partial charge in [0, 0.05) is 36.9 Å². The van der Waals surface area contributed by atoms with Crippen molar-refractivity contribution >= 4 is 17.3 Å². The largest absolute Gasteiger partial charge is 0.356 e. The number of thiazole rings is 1. The fraction of sp³-hybridized carbons (Fsp3) is 0.733. The summed E-state index contributed by atoms with van der Waals surface area (Å²) in [7, 11) is 1.82. The summed E-state index contributed by atoms with van der Waals surface area (Å²) >= 11 is 1.75. The highest BCUT2D eigenvalue weighted by atomic mass is 32.1. The molecular weight excluding hydrogens is 268 g/mol. The average molecular weight is 294 g/mol. The highest BCUT2D eigenvalue weighted by molar-refractivity contribution is 7.09. The van der Waals surface area contributed by atoms with Gasteiger partial charge in [-0.05, 0) is 12.3 Å². The quantitative estimate of drug-likeness (QED) is 0.663. The molecule has 2 rings (SSSR count). The number of aromatic nitrogens is 1. The van der Waals surface area contributed by atoms with Gasteiger partial charge in [0.1, 0.15) is 0 Å². The maximum absolute atomic E-state index is 4.71. The first-order valence-corrected chi connectivity index (χ1v) is 8.20. The Kier molecular flexibility index (Phi) is 4.68. The fourth-order valence-corrected chi connectivity index (χ4v) is 2.98. The van der Waals surface area contributed by atoms with Crippen molar-refractivity contribution < 1.29 is 0 Å². The summed E-state index contributed by atoms with van der Waals surface area (Å²) in [6.45, 7) is 9.73. The zero-order valence-electron chi connectivity index (χ0n) is 13.2. The van der Waals surface area contributed by atoms with Gasteiger partial charge in [0.25, 0.3) is 0 Å². The van der Waals surface area contributed by atoms with Gasteiger partial charge >= 0.3 is 0 Å². The van der Waals surface area contributed by atoms with Crippen molar-refractivity contribution in [1.29, 1.82) is 0 Å². The molecule has 0 aromatic carbocycles. The SMILES string of the molecule is CN=C(NCCc1nc(C(C)(C)C)cs1)NC1CC1C. The molecule has 2 atom stereocenters. The number of hydrogen-bond donors (Lipinski definition) is 2. The molecule has 0 bridgehead atoms. The van der Waals surface area contributed by atoms with Crippen LogP contribution in [0.5, 0.6) is 0 Å². The van der Waals surface area contributed by atoms with Crippen molar-refractivity contribution in [3.8, 4) is 0 Å². The summed E-state index contributed by atoms with van der Waals surface area (Å²) in [4.78, 5) is 8.96. The number of nitrogens with one attached hydrogen (secondary N) is 2. The van der Waals surface area contributed by atoms with Crippen molar-refractivity contribution in [3.05, 3.63) is 16.1 Å². The Morgan fingerprint density at radius 3 is 2.70 bits per heavy atom. The third-order valence-corrected chi connectivity index (χ3v) is 4.52. The van der Waals surface area contributed by atoms with E-state index in [1.54, 1.807) is 11.3 Å². The zero-order valence-corrected chi connectivity index (χ0v) is 14.0. The normalized spacial score (nSPS) is 22.8. The molecule has 0 amide bonds. The highest BCUT2D eigenvalue weighted by Gasteiger charge is 2.33. The Labute approximate surface area is 126 Å². The fourth-order valence-electron chi connectivity index (χ4n) is 1.95. The predicted octanol–water partition coefficient (Wildman–Crippen LogP) is 2.56. The van der Waals surface area contributed by atoms with Crippen LogP contribution in [0.15, 0.2) is 10.4 Å². The minimum atomic E-state index is 0.141. The van der Waals surface area contributed by atoms with E-state index in [0.29, 0.717) is 6.04 Å². The van der Waals surface area contributed by atoms with Crippen molar-refractivity contribution in [2.24, 2.45) is 10.9 Å². The van der Waals surface area contributed by atoms with Crippen molar-refractivity contribution in [2.75, 3.05) is 13.6 Å². The lowest BCUT2D eigenvalue weighted by Gasteiger charge is -2.14. The first kappa shape index (κ1) is 15.3. The molecule has 1 aromatic rings. The Bertz CT molecular complexity index is 472. The molecule has 1 aliphatic carbocycles. The Balaban J connectivity index is 1.76. The minimum absolute atomic E-state index is 0.141. The van der Waals surface area contributed by atoms with Crippen LogP contribution >= 0.6 is 11.3 Å². The molecule has 1 fully saturated rings. The number of nitrogens with zero attached hydrogens (tertiary/aromatic N) is 2. The van der Waals surface area contributed by atoms with Crippen LogP contribution in [0.25, 0.3) is 0 Å². The van der Waals surface area contributed by atoms with Crippen LogP contribution in [-0.2, 0) is 11.8 Å². The summed E-state index contributed by atoms with van der Waals surface area (Å²) in [5.41, 5.74) is 1.33. The summed E-state index contributed by atoms with van der Waals surface area (Å²) in [6, 6.07) is 0.605. The van der Waals surface area contributed by atoms with Gasteiger partial charge in [-0.1, -0.05) is 27.7 Å². The molecule has 1 aromatic heterocycles. The summed E-state index contributed by atoms with van der Waals surface area (Å²) < 4.78 is 0. The average Bonchev–Trinajstić information content (AvgIpc) is 2.88. The zero-order chi connectivity index (χ0) is 14.8. The van der Waals surface area contributed by atoms with Crippen LogP contribution in [0.4, 0.5) is 0 Å². The van der Waals surface area contributed by atoms with Crippen molar-refractivity contribution in [2.45, 2.75) is 52.0 Å². The Hall–Kier alpha value is -1.10. The Morgan fingerprint density at radius 2 is 2.20 bits per heavy atom. The topological polar surface area (TPSA) is 49.3 Å². The molecule has 1 heterocycles. The van der Waals surface area contributed by atoms with Gasteiger partial charge < -0.3 is 10.6 Å². The van der Waals surface area contributed by atoms with Gasteiger partial charge in [-0.3, -0.25) is 4.99 Å². The molecule has 4 nitrogen and oxygen atoms in total. The molecule has 1 saturated carbocycles. The van der Waals surface area contributed by atoms with Crippen LogP contribution in [0.2, 0.25) is 0 Å². The van der Waals surface area contributed by atoms with Crippen LogP contribution in [0, 0.1) is 5.92 Å². The third-order valence-electron chi connectivity index (χ3n) is 3.61. The summed E-state index contributed by atoms with van der Waals surface area (Å²) in [6.07, 6.45) is 2.20. The molecule has 112 valence electrons. The second-order valence-corrected chi connectivity index (χ2v) is 7.53. The summed E-state index contributed by atoms with van der Waals surface area (Å²) in [5.74, 6) is 1.69. The monoisotopic (exact) mass is 294 g/mol. The molecule has 0 radical (unpaired) electrons. The molecule has 2 N–H and O–H groups in total. The van der Waals surface area contributed by atoms with Gasteiger partial charge in [0.05, 0.1) is 10.7 Å². The standard InChI is InChI=1S/C15H26N4S/c1-10-8-11(10)18-14(16-5)17-7-6-13-19-12(9-20-13)15(2,3)4/h9-11H,6-8H2,1-5H3,(H2,16,17,18). The van der Waals surface area contributed by atoms with Crippen molar-refractivity contribution in [1.82, 2.24) is 15.6 Å². The van der Waals surface area contributed by atoms with Crippen LogP contribution in [0.1, 0.15) is 44.8 Å². The number of aliphatic imine (C=N–C) groups is 1. The molecule has 2 unspecified atom stereocenters. The molecule has 0 saturated heterocycles. The van der Waals surface area contributed by atoms with Crippen LogP contribution in [0.3, 0.4) is 0 Å². The van der Waals surface area contributed by atoms with Crippen molar-refractivity contribution in [3.63, 3.8) is 0 Å². The van der Waals surface area contributed by atoms with Crippen LogP contribution < -0.4 is 10.6 Å². The number of guanidine groups is 1. The predicted molar refractivity (Wildman–Crippen MR) is 86.6 cm³/mol.